The minimum atomic E-state index is -1.06. The van der Waals surface area contributed by atoms with E-state index < -0.39 is 24.2 Å². The Labute approximate surface area is 128 Å². The fourth-order valence-electron chi connectivity index (χ4n) is 2.30. The zero-order valence-corrected chi connectivity index (χ0v) is 12.0. The predicted molar refractivity (Wildman–Crippen MR) is 82.2 cm³/mol. The van der Waals surface area contributed by atoms with Crippen molar-refractivity contribution in [1.29, 1.82) is 0 Å². The summed E-state index contributed by atoms with van der Waals surface area (Å²) in [5, 5.41) is 32.1. The third kappa shape index (κ3) is 3.92. The van der Waals surface area contributed by atoms with Crippen LogP contribution in [-0.2, 0) is 4.79 Å². The van der Waals surface area contributed by atoms with Gasteiger partial charge in [0.15, 0.2) is 0 Å². The van der Waals surface area contributed by atoms with E-state index in [0.717, 1.165) is 0 Å². The van der Waals surface area contributed by atoms with E-state index in [4.69, 9.17) is 0 Å². The lowest BCUT2D eigenvalue weighted by molar-refractivity contribution is -0.140. The lowest BCUT2D eigenvalue weighted by Crippen LogP contribution is -2.43. The van der Waals surface area contributed by atoms with Crippen LogP contribution in [0, 0.1) is 0 Å². The standard InChI is InChI=1S/C17H19NO4/c19-11-14(16(20)13-9-5-2-6-10-13)18-15(17(21)22)12-7-3-1-4-8-12/h1-10,14-16,18-20H,11H2,(H,21,22)/t14-,15-,16-/m0/s1. The average molecular weight is 301 g/mol. The third-order valence-corrected chi connectivity index (χ3v) is 3.48. The van der Waals surface area contributed by atoms with E-state index in [1.807, 2.05) is 6.07 Å². The summed E-state index contributed by atoms with van der Waals surface area (Å²) < 4.78 is 0. The maximum Gasteiger partial charge on any atom is 0.325 e. The van der Waals surface area contributed by atoms with Gasteiger partial charge in [-0.25, -0.2) is 0 Å². The van der Waals surface area contributed by atoms with Crippen LogP contribution in [0.4, 0.5) is 0 Å². The highest BCUT2D eigenvalue weighted by molar-refractivity contribution is 5.75. The lowest BCUT2D eigenvalue weighted by Gasteiger charge is -2.26. The lowest BCUT2D eigenvalue weighted by atomic mass is 10.00. The Morgan fingerprint density at radius 1 is 0.955 bits per heavy atom. The molecule has 0 aliphatic rings. The number of hydrogen-bond acceptors (Lipinski definition) is 4. The summed E-state index contributed by atoms with van der Waals surface area (Å²) in [6, 6.07) is 15.7. The second kappa shape index (κ2) is 7.70. The number of carbonyl (C=O) groups is 1. The highest BCUT2D eigenvalue weighted by Crippen LogP contribution is 2.20. The molecule has 0 aromatic heterocycles. The molecule has 0 amide bonds. The molecule has 116 valence electrons. The fraction of sp³-hybridized carbons (Fsp3) is 0.235. The van der Waals surface area contributed by atoms with Gasteiger partial charge in [-0.2, -0.15) is 0 Å². The molecule has 2 aromatic rings. The zero-order chi connectivity index (χ0) is 15.9. The van der Waals surface area contributed by atoms with Crippen LogP contribution in [0.5, 0.6) is 0 Å². The summed E-state index contributed by atoms with van der Waals surface area (Å²) in [5.74, 6) is -1.06. The Bertz CT molecular complexity index is 588. The van der Waals surface area contributed by atoms with Crippen molar-refractivity contribution in [3.8, 4) is 0 Å². The van der Waals surface area contributed by atoms with Crippen molar-refractivity contribution in [3.05, 3.63) is 71.8 Å². The normalized spacial score (nSPS) is 15.0. The molecule has 0 aliphatic carbocycles. The largest absolute Gasteiger partial charge is 0.480 e. The van der Waals surface area contributed by atoms with Gasteiger partial charge < -0.3 is 15.3 Å². The van der Waals surface area contributed by atoms with E-state index >= 15 is 0 Å². The first-order valence-electron chi connectivity index (χ1n) is 7.01. The van der Waals surface area contributed by atoms with Gasteiger partial charge in [-0.1, -0.05) is 60.7 Å². The van der Waals surface area contributed by atoms with Gasteiger partial charge in [0.05, 0.1) is 18.8 Å². The molecule has 5 nitrogen and oxygen atoms in total. The Hall–Kier alpha value is -2.21. The molecule has 0 saturated carbocycles. The molecule has 0 spiro atoms. The van der Waals surface area contributed by atoms with Crippen LogP contribution < -0.4 is 5.32 Å². The Kier molecular flexibility index (Phi) is 5.66. The SMILES string of the molecule is O=C(O)[C@@H](N[C@@H](CO)[C@@H](O)c1ccccc1)c1ccccc1. The van der Waals surface area contributed by atoms with E-state index in [-0.39, 0.29) is 6.61 Å². The van der Waals surface area contributed by atoms with Crippen molar-refractivity contribution in [2.24, 2.45) is 0 Å². The molecule has 0 bridgehead atoms. The molecule has 0 radical (unpaired) electrons. The van der Waals surface area contributed by atoms with Crippen molar-refractivity contribution < 1.29 is 20.1 Å². The van der Waals surface area contributed by atoms with Crippen LogP contribution in [0.2, 0.25) is 0 Å². The number of aliphatic hydroxyl groups is 2. The van der Waals surface area contributed by atoms with Crippen molar-refractivity contribution >= 4 is 5.97 Å². The number of aliphatic carboxylic acids is 1. The molecule has 0 fully saturated rings. The number of rotatable bonds is 7. The van der Waals surface area contributed by atoms with Crippen LogP contribution in [-0.4, -0.2) is 33.9 Å². The molecular formula is C17H19NO4. The number of aliphatic hydroxyl groups excluding tert-OH is 2. The zero-order valence-electron chi connectivity index (χ0n) is 12.0. The molecule has 0 aliphatic heterocycles. The van der Waals surface area contributed by atoms with Gasteiger partial charge >= 0.3 is 5.97 Å². The Balaban J connectivity index is 2.18. The third-order valence-electron chi connectivity index (χ3n) is 3.48. The minimum absolute atomic E-state index is 0.382. The summed E-state index contributed by atoms with van der Waals surface area (Å²) in [7, 11) is 0. The maximum atomic E-state index is 11.5. The van der Waals surface area contributed by atoms with Crippen molar-refractivity contribution in [3.63, 3.8) is 0 Å². The van der Waals surface area contributed by atoms with Gasteiger partial charge in [-0.3, -0.25) is 10.1 Å². The fourth-order valence-corrected chi connectivity index (χ4v) is 2.30. The average Bonchev–Trinajstić information content (AvgIpc) is 2.56. The maximum absolute atomic E-state index is 11.5. The second-order valence-corrected chi connectivity index (χ2v) is 4.99. The topological polar surface area (TPSA) is 89.8 Å². The van der Waals surface area contributed by atoms with E-state index in [0.29, 0.717) is 11.1 Å². The summed E-state index contributed by atoms with van der Waals surface area (Å²) in [5.41, 5.74) is 1.18. The van der Waals surface area contributed by atoms with Gasteiger partial charge in [0, 0.05) is 0 Å². The first-order valence-corrected chi connectivity index (χ1v) is 7.01. The molecule has 4 N–H and O–H groups in total. The van der Waals surface area contributed by atoms with Gasteiger partial charge in [0.2, 0.25) is 0 Å². The molecule has 0 unspecified atom stereocenters. The predicted octanol–water partition coefficient (Wildman–Crippen LogP) is 1.50. The van der Waals surface area contributed by atoms with Crippen LogP contribution in [0.25, 0.3) is 0 Å². The summed E-state index contributed by atoms with van der Waals surface area (Å²) in [6.45, 7) is -0.382. The van der Waals surface area contributed by atoms with Crippen molar-refractivity contribution in [2.75, 3.05) is 6.61 Å². The molecule has 5 heteroatoms. The molecule has 22 heavy (non-hydrogen) atoms. The first kappa shape index (κ1) is 16.2. The molecular weight excluding hydrogens is 282 g/mol. The number of benzene rings is 2. The van der Waals surface area contributed by atoms with Gasteiger partial charge in [0.1, 0.15) is 6.04 Å². The number of nitrogens with one attached hydrogen (secondary N) is 1. The molecule has 0 heterocycles. The summed E-state index contributed by atoms with van der Waals surface area (Å²) >= 11 is 0. The Morgan fingerprint density at radius 3 is 1.91 bits per heavy atom. The highest BCUT2D eigenvalue weighted by atomic mass is 16.4. The summed E-state index contributed by atoms with van der Waals surface area (Å²) in [6.07, 6.45) is -1.00. The van der Waals surface area contributed by atoms with Gasteiger partial charge in [0.25, 0.3) is 0 Å². The quantitative estimate of drug-likeness (QED) is 0.622. The van der Waals surface area contributed by atoms with Crippen LogP contribution in [0.1, 0.15) is 23.3 Å². The summed E-state index contributed by atoms with van der Waals surface area (Å²) in [4.78, 5) is 11.5. The monoisotopic (exact) mass is 301 g/mol. The minimum Gasteiger partial charge on any atom is -0.480 e. The molecule has 3 atom stereocenters. The first-order chi connectivity index (χ1) is 10.6. The molecule has 2 rings (SSSR count). The number of carboxylic acids is 1. The smallest absolute Gasteiger partial charge is 0.325 e. The van der Waals surface area contributed by atoms with Crippen molar-refractivity contribution in [2.45, 2.75) is 18.2 Å². The van der Waals surface area contributed by atoms with Crippen LogP contribution >= 0.6 is 0 Å². The van der Waals surface area contributed by atoms with Crippen LogP contribution in [0.15, 0.2) is 60.7 Å². The van der Waals surface area contributed by atoms with E-state index in [1.165, 1.54) is 0 Å². The van der Waals surface area contributed by atoms with E-state index in [2.05, 4.69) is 5.32 Å². The van der Waals surface area contributed by atoms with E-state index in [9.17, 15) is 20.1 Å². The van der Waals surface area contributed by atoms with Gasteiger partial charge in [-0.15, -0.1) is 0 Å². The number of hydrogen-bond donors (Lipinski definition) is 4. The molecule has 0 saturated heterocycles. The second-order valence-electron chi connectivity index (χ2n) is 4.99. The Morgan fingerprint density at radius 2 is 1.45 bits per heavy atom. The number of carboxylic acid groups (broad SMARTS) is 1. The van der Waals surface area contributed by atoms with Crippen LogP contribution in [0.3, 0.4) is 0 Å². The highest BCUT2D eigenvalue weighted by Gasteiger charge is 2.27. The van der Waals surface area contributed by atoms with Crippen molar-refractivity contribution in [1.82, 2.24) is 5.32 Å². The van der Waals surface area contributed by atoms with E-state index in [1.54, 1.807) is 54.6 Å². The molecule has 2 aromatic carbocycles. The van der Waals surface area contributed by atoms with Gasteiger partial charge in [-0.05, 0) is 11.1 Å².